The number of hydrogen-bond acceptors (Lipinski definition) is 6. The third-order valence-electron chi connectivity index (χ3n) is 2.00. The Morgan fingerprint density at radius 2 is 2.29 bits per heavy atom. The normalized spacial score (nSPS) is 10.5. The van der Waals surface area contributed by atoms with Crippen molar-refractivity contribution in [1.82, 2.24) is 10.2 Å². The molecule has 7 heteroatoms. The van der Waals surface area contributed by atoms with Gasteiger partial charge in [0, 0.05) is 5.75 Å². The molecule has 0 saturated carbocycles. The van der Waals surface area contributed by atoms with Gasteiger partial charge in [0.05, 0.1) is 7.11 Å². The SMILES string of the molecule is COc1ccc(CSc2nnc(N)s2)cc1F. The molecule has 90 valence electrons. The number of ether oxygens (including phenoxy) is 1. The lowest BCUT2D eigenvalue weighted by molar-refractivity contribution is 0.386. The van der Waals surface area contributed by atoms with Gasteiger partial charge in [0.15, 0.2) is 15.9 Å². The zero-order valence-corrected chi connectivity index (χ0v) is 10.6. The Morgan fingerprint density at radius 3 is 2.88 bits per heavy atom. The van der Waals surface area contributed by atoms with Crippen LogP contribution < -0.4 is 10.5 Å². The second kappa shape index (κ2) is 5.33. The average Bonchev–Trinajstić information content (AvgIpc) is 2.73. The Morgan fingerprint density at radius 1 is 1.47 bits per heavy atom. The summed E-state index contributed by atoms with van der Waals surface area (Å²) in [6, 6.07) is 4.88. The summed E-state index contributed by atoms with van der Waals surface area (Å²) in [5.74, 6) is 0.511. The number of halogens is 1. The second-order valence-corrected chi connectivity index (χ2v) is 5.40. The Kier molecular flexibility index (Phi) is 3.80. The molecular formula is C10H10FN3OS2. The van der Waals surface area contributed by atoms with E-state index in [9.17, 15) is 4.39 Å². The van der Waals surface area contributed by atoms with Crippen molar-refractivity contribution in [3.05, 3.63) is 29.6 Å². The van der Waals surface area contributed by atoms with Gasteiger partial charge in [-0.1, -0.05) is 29.2 Å². The second-order valence-electron chi connectivity index (χ2n) is 3.16. The molecule has 0 aliphatic rings. The summed E-state index contributed by atoms with van der Waals surface area (Å²) >= 11 is 2.79. The molecule has 2 rings (SSSR count). The van der Waals surface area contributed by atoms with Gasteiger partial charge in [-0.15, -0.1) is 10.2 Å². The van der Waals surface area contributed by atoms with E-state index in [1.54, 1.807) is 6.07 Å². The largest absolute Gasteiger partial charge is 0.494 e. The first-order valence-electron chi connectivity index (χ1n) is 4.73. The van der Waals surface area contributed by atoms with E-state index in [4.69, 9.17) is 10.5 Å². The van der Waals surface area contributed by atoms with Crippen molar-refractivity contribution in [1.29, 1.82) is 0 Å². The van der Waals surface area contributed by atoms with Crippen LogP contribution in [0.2, 0.25) is 0 Å². The number of nitrogens with zero attached hydrogens (tertiary/aromatic N) is 2. The highest BCUT2D eigenvalue weighted by Gasteiger charge is 2.06. The van der Waals surface area contributed by atoms with Gasteiger partial charge in [0.25, 0.3) is 0 Å². The summed E-state index contributed by atoms with van der Waals surface area (Å²) in [6.45, 7) is 0. The van der Waals surface area contributed by atoms with E-state index in [-0.39, 0.29) is 11.6 Å². The minimum absolute atomic E-state index is 0.249. The molecule has 0 aliphatic carbocycles. The van der Waals surface area contributed by atoms with Crippen LogP contribution in [-0.2, 0) is 5.75 Å². The maximum absolute atomic E-state index is 13.4. The Balaban J connectivity index is 2.02. The van der Waals surface area contributed by atoms with Gasteiger partial charge in [-0.3, -0.25) is 0 Å². The topological polar surface area (TPSA) is 61.0 Å². The molecule has 4 nitrogen and oxygen atoms in total. The summed E-state index contributed by atoms with van der Waals surface area (Å²) < 4.78 is 19.0. The number of thioether (sulfide) groups is 1. The van der Waals surface area contributed by atoms with E-state index in [0.29, 0.717) is 10.9 Å². The van der Waals surface area contributed by atoms with E-state index < -0.39 is 0 Å². The molecule has 0 unspecified atom stereocenters. The molecule has 2 aromatic rings. The van der Waals surface area contributed by atoms with Crippen LogP contribution in [0.3, 0.4) is 0 Å². The molecule has 1 heterocycles. The van der Waals surface area contributed by atoms with E-state index >= 15 is 0 Å². The lowest BCUT2D eigenvalue weighted by Crippen LogP contribution is -1.89. The fraction of sp³-hybridized carbons (Fsp3) is 0.200. The van der Waals surface area contributed by atoms with Crippen molar-refractivity contribution >= 4 is 28.2 Å². The lowest BCUT2D eigenvalue weighted by Gasteiger charge is -2.03. The summed E-state index contributed by atoms with van der Waals surface area (Å²) in [6.07, 6.45) is 0. The molecule has 0 saturated heterocycles. The predicted molar refractivity (Wildman–Crippen MR) is 66.8 cm³/mol. The first-order valence-corrected chi connectivity index (χ1v) is 6.53. The first kappa shape index (κ1) is 12.1. The van der Waals surface area contributed by atoms with Crippen molar-refractivity contribution in [2.24, 2.45) is 0 Å². The van der Waals surface area contributed by atoms with Crippen LogP contribution in [0.5, 0.6) is 5.75 Å². The van der Waals surface area contributed by atoms with Gasteiger partial charge in [-0.05, 0) is 17.7 Å². The Labute approximate surface area is 106 Å². The standard InChI is InChI=1S/C10H10FN3OS2/c1-15-8-3-2-6(4-7(8)11)5-16-10-14-13-9(12)17-10/h2-4H,5H2,1H3,(H2,12,13). The van der Waals surface area contributed by atoms with E-state index in [1.165, 1.54) is 36.3 Å². The summed E-state index contributed by atoms with van der Waals surface area (Å²) in [5, 5.41) is 8.02. The molecule has 0 radical (unpaired) electrons. The number of anilines is 1. The van der Waals surface area contributed by atoms with Crippen LogP contribution in [0, 0.1) is 5.82 Å². The number of aromatic nitrogens is 2. The van der Waals surface area contributed by atoms with Gasteiger partial charge in [-0.2, -0.15) is 0 Å². The highest BCUT2D eigenvalue weighted by molar-refractivity contribution is 8.00. The number of rotatable bonds is 4. The van der Waals surface area contributed by atoms with Crippen LogP contribution in [0.25, 0.3) is 0 Å². The van der Waals surface area contributed by atoms with Gasteiger partial charge < -0.3 is 10.5 Å². The van der Waals surface area contributed by atoms with Crippen LogP contribution in [0.4, 0.5) is 9.52 Å². The van der Waals surface area contributed by atoms with Crippen LogP contribution in [0.15, 0.2) is 22.5 Å². The number of nitrogens with two attached hydrogens (primary N) is 1. The summed E-state index contributed by atoms with van der Waals surface area (Å²) in [5.41, 5.74) is 6.33. The minimum Gasteiger partial charge on any atom is -0.494 e. The zero-order valence-electron chi connectivity index (χ0n) is 9.01. The van der Waals surface area contributed by atoms with Crippen LogP contribution in [0.1, 0.15) is 5.56 Å². The molecule has 0 spiro atoms. The van der Waals surface area contributed by atoms with Crippen molar-refractivity contribution in [2.75, 3.05) is 12.8 Å². The van der Waals surface area contributed by atoms with Crippen molar-refractivity contribution in [2.45, 2.75) is 10.1 Å². The smallest absolute Gasteiger partial charge is 0.203 e. The van der Waals surface area contributed by atoms with Crippen LogP contribution >= 0.6 is 23.1 Å². The Hall–Kier alpha value is -1.34. The number of benzene rings is 1. The minimum atomic E-state index is -0.359. The number of hydrogen-bond donors (Lipinski definition) is 1. The number of nitrogen functional groups attached to an aromatic ring is 1. The average molecular weight is 271 g/mol. The summed E-state index contributed by atoms with van der Waals surface area (Å²) in [4.78, 5) is 0. The van der Waals surface area contributed by atoms with Crippen molar-refractivity contribution in [3.63, 3.8) is 0 Å². The van der Waals surface area contributed by atoms with Crippen LogP contribution in [-0.4, -0.2) is 17.3 Å². The molecule has 17 heavy (non-hydrogen) atoms. The fourth-order valence-electron chi connectivity index (χ4n) is 1.22. The van der Waals surface area contributed by atoms with Crippen molar-refractivity contribution in [3.8, 4) is 5.75 Å². The summed E-state index contributed by atoms with van der Waals surface area (Å²) in [7, 11) is 1.44. The highest BCUT2D eigenvalue weighted by Crippen LogP contribution is 2.28. The third-order valence-corrected chi connectivity index (χ3v) is 3.96. The van der Waals surface area contributed by atoms with E-state index in [2.05, 4.69) is 10.2 Å². The molecule has 0 aliphatic heterocycles. The van der Waals surface area contributed by atoms with E-state index in [1.807, 2.05) is 6.07 Å². The molecule has 0 fully saturated rings. The predicted octanol–water partition coefficient (Wildman–Crippen LogP) is 2.56. The first-order chi connectivity index (χ1) is 8.19. The number of methoxy groups -OCH3 is 1. The molecule has 0 amide bonds. The van der Waals surface area contributed by atoms with Gasteiger partial charge in [-0.25, -0.2) is 4.39 Å². The molecule has 0 bridgehead atoms. The highest BCUT2D eigenvalue weighted by atomic mass is 32.2. The molecule has 1 aromatic carbocycles. The van der Waals surface area contributed by atoms with E-state index in [0.717, 1.165) is 9.90 Å². The fourth-order valence-corrected chi connectivity index (χ4v) is 2.80. The molecular weight excluding hydrogens is 261 g/mol. The zero-order chi connectivity index (χ0) is 12.3. The molecule has 0 atom stereocenters. The maximum Gasteiger partial charge on any atom is 0.203 e. The molecule has 2 N–H and O–H groups in total. The Bertz CT molecular complexity index is 518. The monoisotopic (exact) mass is 271 g/mol. The third kappa shape index (κ3) is 3.07. The van der Waals surface area contributed by atoms with Gasteiger partial charge >= 0.3 is 0 Å². The van der Waals surface area contributed by atoms with Gasteiger partial charge in [0.1, 0.15) is 0 Å². The van der Waals surface area contributed by atoms with Crippen molar-refractivity contribution < 1.29 is 9.13 Å². The van der Waals surface area contributed by atoms with Gasteiger partial charge in [0.2, 0.25) is 5.13 Å². The maximum atomic E-state index is 13.4. The molecule has 1 aromatic heterocycles. The lowest BCUT2D eigenvalue weighted by atomic mass is 10.2. The quantitative estimate of drug-likeness (QED) is 0.866.